The van der Waals surface area contributed by atoms with E-state index in [1.54, 1.807) is 0 Å². The van der Waals surface area contributed by atoms with Gasteiger partial charge in [-0.1, -0.05) is 211 Å². The average molecular weight is 914 g/mol. The summed E-state index contributed by atoms with van der Waals surface area (Å²) in [7, 11) is 0. The van der Waals surface area contributed by atoms with Gasteiger partial charge in [-0.3, -0.25) is 14.4 Å². The van der Waals surface area contributed by atoms with Gasteiger partial charge in [0, 0.05) is 19.3 Å². The Kier molecular flexibility index (Phi) is 49.1. The molecule has 0 aliphatic heterocycles. The zero-order valence-corrected chi connectivity index (χ0v) is 43.3. The molecule has 0 radical (unpaired) electrons. The minimum Gasteiger partial charge on any atom is -0.463 e. The number of carbonyl (C=O) groups excluding carboxylic acids is 3. The second-order valence-corrected chi connectivity index (χ2v) is 19.3. The molecule has 7 heteroatoms. The standard InChI is InChI=1S/C58H107NO6/c1-4-7-10-13-16-19-22-25-28-31-34-37-40-43-46-49-55(60)63-52-58(59,53-64-56(61)50-47-44-41-38-35-32-29-26-23-20-17-14-11-8-5-2)54-65-57(62)51-48-45-42-39-36-33-30-27-24-21-18-15-12-9-6-3/h25-30H,4-24,31-54,59H2,1-3H3. The van der Waals surface area contributed by atoms with Crippen molar-refractivity contribution in [2.45, 2.75) is 296 Å². The minimum absolute atomic E-state index is 0.168. The van der Waals surface area contributed by atoms with Gasteiger partial charge in [-0.15, -0.1) is 0 Å². The van der Waals surface area contributed by atoms with Crippen LogP contribution in [0.25, 0.3) is 0 Å². The SMILES string of the molecule is CCCCCCCCC=CCCCCCCCC(=O)OCC(N)(COC(=O)CCCCCCCC=CCCCCCCCC)COC(=O)CCCCCCCC=CCCCCCCCC. The van der Waals surface area contributed by atoms with E-state index in [0.29, 0.717) is 19.3 Å². The van der Waals surface area contributed by atoms with Crippen molar-refractivity contribution in [3.8, 4) is 0 Å². The molecule has 0 heterocycles. The molecule has 0 saturated heterocycles. The fourth-order valence-electron chi connectivity index (χ4n) is 8.03. The van der Waals surface area contributed by atoms with Crippen molar-refractivity contribution < 1.29 is 28.6 Å². The van der Waals surface area contributed by atoms with Gasteiger partial charge >= 0.3 is 17.9 Å². The number of carbonyl (C=O) groups is 3. The first-order valence-electron chi connectivity index (χ1n) is 28.1. The van der Waals surface area contributed by atoms with Gasteiger partial charge in [0.05, 0.1) is 0 Å². The average Bonchev–Trinajstić information content (AvgIpc) is 3.30. The van der Waals surface area contributed by atoms with Gasteiger partial charge in [-0.25, -0.2) is 0 Å². The minimum atomic E-state index is -1.30. The molecular weight excluding hydrogens is 807 g/mol. The Morgan fingerprint density at radius 1 is 0.308 bits per heavy atom. The number of hydrogen-bond donors (Lipinski definition) is 1. The Morgan fingerprint density at radius 3 is 0.708 bits per heavy atom. The molecule has 0 spiro atoms. The highest BCUT2D eigenvalue weighted by molar-refractivity contribution is 5.70. The van der Waals surface area contributed by atoms with Crippen molar-refractivity contribution in [2.24, 2.45) is 5.73 Å². The van der Waals surface area contributed by atoms with E-state index in [1.165, 1.54) is 154 Å². The second kappa shape index (κ2) is 51.0. The highest BCUT2D eigenvalue weighted by atomic mass is 16.6. The number of nitrogens with two attached hydrogens (primary N) is 1. The van der Waals surface area contributed by atoms with Crippen LogP contribution in [0.5, 0.6) is 0 Å². The molecule has 0 saturated carbocycles. The summed E-state index contributed by atoms with van der Waals surface area (Å²) in [5, 5.41) is 0. The first-order chi connectivity index (χ1) is 31.9. The molecule has 0 fully saturated rings. The Morgan fingerprint density at radius 2 is 0.492 bits per heavy atom. The highest BCUT2D eigenvalue weighted by Gasteiger charge is 2.31. The lowest BCUT2D eigenvalue weighted by molar-refractivity contribution is -0.155. The normalized spacial score (nSPS) is 12.7. The number of unbranched alkanes of at least 4 members (excludes halogenated alkanes) is 33. The molecule has 0 aromatic heterocycles. The van der Waals surface area contributed by atoms with Gasteiger partial charge in [-0.2, -0.15) is 0 Å². The second-order valence-electron chi connectivity index (χ2n) is 19.3. The lowest BCUT2D eigenvalue weighted by Crippen LogP contribution is -2.54. The fourth-order valence-corrected chi connectivity index (χ4v) is 8.03. The van der Waals surface area contributed by atoms with E-state index in [4.69, 9.17) is 19.9 Å². The zero-order chi connectivity index (χ0) is 47.4. The number of esters is 3. The van der Waals surface area contributed by atoms with Crippen molar-refractivity contribution in [3.05, 3.63) is 36.5 Å². The van der Waals surface area contributed by atoms with Crippen LogP contribution in [0.2, 0.25) is 0 Å². The zero-order valence-electron chi connectivity index (χ0n) is 43.3. The molecule has 65 heavy (non-hydrogen) atoms. The van der Waals surface area contributed by atoms with E-state index in [2.05, 4.69) is 57.2 Å². The Bertz CT molecular complexity index is 995. The van der Waals surface area contributed by atoms with E-state index < -0.39 is 5.54 Å². The number of ether oxygens (including phenoxy) is 3. The molecule has 0 amide bonds. The van der Waals surface area contributed by atoms with E-state index in [-0.39, 0.29) is 37.7 Å². The van der Waals surface area contributed by atoms with Crippen LogP contribution in [0.4, 0.5) is 0 Å². The molecule has 0 atom stereocenters. The molecule has 0 unspecified atom stereocenters. The van der Waals surface area contributed by atoms with Gasteiger partial charge in [0.2, 0.25) is 0 Å². The number of allylic oxidation sites excluding steroid dienone is 6. The summed E-state index contributed by atoms with van der Waals surface area (Å²) in [6, 6.07) is 0. The summed E-state index contributed by atoms with van der Waals surface area (Å²) in [5.74, 6) is -0.968. The van der Waals surface area contributed by atoms with Crippen LogP contribution in [-0.2, 0) is 28.6 Å². The van der Waals surface area contributed by atoms with Crippen molar-refractivity contribution in [3.63, 3.8) is 0 Å². The Balaban J connectivity index is 4.51. The van der Waals surface area contributed by atoms with Gasteiger partial charge in [0.1, 0.15) is 25.4 Å². The fraction of sp³-hybridized carbons (Fsp3) is 0.845. The van der Waals surface area contributed by atoms with E-state index in [1.807, 2.05) is 0 Å². The van der Waals surface area contributed by atoms with Crippen LogP contribution in [-0.4, -0.2) is 43.3 Å². The van der Waals surface area contributed by atoms with E-state index in [0.717, 1.165) is 96.3 Å². The summed E-state index contributed by atoms with van der Waals surface area (Å²) >= 11 is 0. The third kappa shape index (κ3) is 49.3. The smallest absolute Gasteiger partial charge is 0.305 e. The molecule has 0 bridgehead atoms. The molecule has 0 aromatic rings. The highest BCUT2D eigenvalue weighted by Crippen LogP contribution is 2.16. The number of rotatable bonds is 51. The largest absolute Gasteiger partial charge is 0.463 e. The van der Waals surface area contributed by atoms with Crippen LogP contribution >= 0.6 is 0 Å². The Labute approximate surface area is 403 Å². The third-order valence-corrected chi connectivity index (χ3v) is 12.5. The summed E-state index contributed by atoms with van der Waals surface area (Å²) < 4.78 is 16.8. The summed E-state index contributed by atoms with van der Waals surface area (Å²) in [4.78, 5) is 38.2. The maximum atomic E-state index is 12.7. The van der Waals surface area contributed by atoms with Crippen molar-refractivity contribution in [2.75, 3.05) is 19.8 Å². The van der Waals surface area contributed by atoms with Gasteiger partial charge in [0.15, 0.2) is 0 Å². The third-order valence-electron chi connectivity index (χ3n) is 12.5. The molecule has 0 aliphatic rings. The first kappa shape index (κ1) is 62.6. The maximum Gasteiger partial charge on any atom is 0.305 e. The number of hydrogen-bond acceptors (Lipinski definition) is 7. The molecule has 7 nitrogen and oxygen atoms in total. The predicted molar refractivity (Wildman–Crippen MR) is 278 cm³/mol. The van der Waals surface area contributed by atoms with Gasteiger partial charge in [0.25, 0.3) is 0 Å². The van der Waals surface area contributed by atoms with E-state index >= 15 is 0 Å². The quantitative estimate of drug-likeness (QED) is 0.0280. The molecule has 380 valence electrons. The summed E-state index contributed by atoms with van der Waals surface area (Å²) in [5.41, 5.74) is 5.35. The van der Waals surface area contributed by atoms with Crippen LogP contribution in [0.1, 0.15) is 290 Å². The molecule has 2 N–H and O–H groups in total. The first-order valence-corrected chi connectivity index (χ1v) is 28.1. The van der Waals surface area contributed by atoms with Crippen LogP contribution in [0.15, 0.2) is 36.5 Å². The van der Waals surface area contributed by atoms with Crippen molar-refractivity contribution in [1.29, 1.82) is 0 Å². The maximum absolute atomic E-state index is 12.7. The molecule has 0 aromatic carbocycles. The van der Waals surface area contributed by atoms with Crippen LogP contribution in [0, 0.1) is 0 Å². The summed E-state index contributed by atoms with van der Waals surface area (Å²) in [6.45, 7) is 6.28. The summed E-state index contributed by atoms with van der Waals surface area (Å²) in [6.07, 6.45) is 61.6. The molecular formula is C58H107NO6. The molecule has 0 rings (SSSR count). The Hall–Kier alpha value is -2.41. The topological polar surface area (TPSA) is 105 Å². The monoisotopic (exact) mass is 914 g/mol. The lowest BCUT2D eigenvalue weighted by Gasteiger charge is -2.28. The predicted octanol–water partition coefficient (Wildman–Crippen LogP) is 17.4. The lowest BCUT2D eigenvalue weighted by atomic mass is 10.0. The van der Waals surface area contributed by atoms with E-state index in [9.17, 15) is 14.4 Å². The van der Waals surface area contributed by atoms with Gasteiger partial charge in [-0.05, 0) is 96.3 Å². The van der Waals surface area contributed by atoms with Crippen LogP contribution < -0.4 is 5.73 Å². The van der Waals surface area contributed by atoms with Crippen LogP contribution in [0.3, 0.4) is 0 Å². The molecule has 0 aliphatic carbocycles. The van der Waals surface area contributed by atoms with Crippen molar-refractivity contribution >= 4 is 17.9 Å². The van der Waals surface area contributed by atoms with Crippen molar-refractivity contribution in [1.82, 2.24) is 0 Å². The van der Waals surface area contributed by atoms with Gasteiger partial charge < -0.3 is 19.9 Å².